The predicted octanol–water partition coefficient (Wildman–Crippen LogP) is 2.90. The van der Waals surface area contributed by atoms with Gasteiger partial charge >= 0.3 is 5.97 Å². The zero-order valence-corrected chi connectivity index (χ0v) is 12.0. The van der Waals surface area contributed by atoms with Gasteiger partial charge in [-0.3, -0.25) is 9.88 Å². The van der Waals surface area contributed by atoms with Gasteiger partial charge in [0.05, 0.1) is 11.3 Å². The third kappa shape index (κ3) is 2.67. The van der Waals surface area contributed by atoms with E-state index in [1.807, 2.05) is 36.5 Å². The van der Waals surface area contributed by atoms with Gasteiger partial charge in [0.25, 0.3) is 0 Å². The monoisotopic (exact) mass is 282 g/mol. The number of rotatable bonds is 3. The summed E-state index contributed by atoms with van der Waals surface area (Å²) < 4.78 is 0. The van der Waals surface area contributed by atoms with Gasteiger partial charge in [-0.1, -0.05) is 18.2 Å². The molecule has 21 heavy (non-hydrogen) atoms. The average Bonchev–Trinajstić information content (AvgIpc) is 2.53. The molecule has 1 aromatic heterocycles. The van der Waals surface area contributed by atoms with E-state index in [9.17, 15) is 9.90 Å². The molecule has 0 saturated carbocycles. The highest BCUT2D eigenvalue weighted by Gasteiger charge is 2.25. The van der Waals surface area contributed by atoms with E-state index in [2.05, 4.69) is 16.8 Å². The van der Waals surface area contributed by atoms with Crippen LogP contribution in [0, 0.1) is 0 Å². The van der Waals surface area contributed by atoms with Gasteiger partial charge in [-0.25, -0.2) is 4.79 Å². The number of hydrogen-bond acceptors (Lipinski definition) is 3. The van der Waals surface area contributed by atoms with Gasteiger partial charge in [0.15, 0.2) is 0 Å². The minimum atomic E-state index is -0.835. The number of hydrogen-bond donors (Lipinski definition) is 1. The first kappa shape index (κ1) is 13.8. The van der Waals surface area contributed by atoms with Gasteiger partial charge in [0, 0.05) is 25.3 Å². The van der Waals surface area contributed by atoms with Crippen LogP contribution in [0.2, 0.25) is 0 Å². The maximum atomic E-state index is 11.3. The maximum absolute atomic E-state index is 11.3. The van der Waals surface area contributed by atoms with Gasteiger partial charge in [-0.15, -0.1) is 0 Å². The average molecular weight is 282 g/mol. The van der Waals surface area contributed by atoms with Crippen molar-refractivity contribution in [3.05, 3.63) is 65.0 Å². The van der Waals surface area contributed by atoms with Gasteiger partial charge in [0.1, 0.15) is 0 Å². The Kier molecular flexibility index (Phi) is 3.71. The fraction of sp³-hybridized carbons (Fsp3) is 0.294. The van der Waals surface area contributed by atoms with E-state index in [0.29, 0.717) is 5.56 Å². The largest absolute Gasteiger partial charge is 0.478 e. The molecule has 1 unspecified atom stereocenters. The van der Waals surface area contributed by atoms with E-state index in [-0.39, 0.29) is 6.04 Å². The molecule has 4 heteroatoms. The van der Waals surface area contributed by atoms with Crippen molar-refractivity contribution in [1.82, 2.24) is 9.88 Å². The van der Waals surface area contributed by atoms with Crippen molar-refractivity contribution in [2.24, 2.45) is 0 Å². The Morgan fingerprint density at radius 2 is 2.14 bits per heavy atom. The third-order valence-corrected chi connectivity index (χ3v) is 4.19. The maximum Gasteiger partial charge on any atom is 0.335 e. The Morgan fingerprint density at radius 3 is 2.86 bits per heavy atom. The van der Waals surface area contributed by atoms with Crippen molar-refractivity contribution >= 4 is 5.97 Å². The number of carbonyl (C=O) groups is 1. The van der Waals surface area contributed by atoms with Gasteiger partial charge in [0.2, 0.25) is 0 Å². The summed E-state index contributed by atoms with van der Waals surface area (Å²) in [6.45, 7) is 3.78. The minimum Gasteiger partial charge on any atom is -0.478 e. The summed E-state index contributed by atoms with van der Waals surface area (Å²) in [6.07, 6.45) is 2.58. The van der Waals surface area contributed by atoms with E-state index in [1.54, 1.807) is 6.07 Å². The predicted molar refractivity (Wildman–Crippen MR) is 80.2 cm³/mol. The standard InChI is InChI=1S/C17H18N2O2/c1-12(16-7-2-3-9-18-16)19-10-8-14-13(11-19)5-4-6-15(14)17(20)21/h2-7,9,12H,8,10-11H2,1H3,(H,20,21). The first-order chi connectivity index (χ1) is 10.2. The Hall–Kier alpha value is -2.20. The molecule has 108 valence electrons. The quantitative estimate of drug-likeness (QED) is 0.940. The number of carboxylic acids is 1. The molecule has 0 bridgehead atoms. The zero-order chi connectivity index (χ0) is 14.8. The van der Waals surface area contributed by atoms with Gasteiger partial charge < -0.3 is 5.11 Å². The Morgan fingerprint density at radius 1 is 1.29 bits per heavy atom. The molecule has 0 saturated heterocycles. The summed E-state index contributed by atoms with van der Waals surface area (Å²) in [5.41, 5.74) is 3.59. The third-order valence-electron chi connectivity index (χ3n) is 4.19. The van der Waals surface area contributed by atoms with E-state index in [1.165, 1.54) is 0 Å². The second-order valence-corrected chi connectivity index (χ2v) is 5.40. The number of benzene rings is 1. The second kappa shape index (κ2) is 5.66. The highest BCUT2D eigenvalue weighted by atomic mass is 16.4. The lowest BCUT2D eigenvalue weighted by atomic mass is 9.93. The number of aromatic carboxylic acids is 1. The van der Waals surface area contributed by atoms with Crippen LogP contribution in [0.3, 0.4) is 0 Å². The summed E-state index contributed by atoms with van der Waals surface area (Å²) >= 11 is 0. The molecule has 1 aliphatic rings. The van der Waals surface area contributed by atoms with Crippen LogP contribution in [0.5, 0.6) is 0 Å². The Bertz CT molecular complexity index is 655. The number of pyridine rings is 1. The number of carboxylic acid groups (broad SMARTS) is 1. The molecule has 0 spiro atoms. The summed E-state index contributed by atoms with van der Waals surface area (Å²) in [7, 11) is 0. The molecule has 1 atom stereocenters. The zero-order valence-electron chi connectivity index (χ0n) is 12.0. The van der Waals surface area contributed by atoms with Crippen LogP contribution in [-0.2, 0) is 13.0 Å². The first-order valence-electron chi connectivity index (χ1n) is 7.16. The fourth-order valence-corrected chi connectivity index (χ4v) is 2.97. The van der Waals surface area contributed by atoms with Crippen LogP contribution in [0.15, 0.2) is 42.6 Å². The normalized spacial score (nSPS) is 16.2. The van der Waals surface area contributed by atoms with Crippen LogP contribution >= 0.6 is 0 Å². The molecule has 0 fully saturated rings. The van der Waals surface area contributed by atoms with Crippen molar-refractivity contribution in [3.8, 4) is 0 Å². The Balaban J connectivity index is 1.85. The van der Waals surface area contributed by atoms with Gasteiger partial charge in [-0.2, -0.15) is 0 Å². The lowest BCUT2D eigenvalue weighted by Gasteiger charge is -2.33. The molecule has 1 N–H and O–H groups in total. The number of nitrogens with zero attached hydrogens (tertiary/aromatic N) is 2. The van der Waals surface area contributed by atoms with Crippen molar-refractivity contribution in [1.29, 1.82) is 0 Å². The summed E-state index contributed by atoms with van der Waals surface area (Å²) in [6, 6.07) is 11.7. The summed E-state index contributed by atoms with van der Waals surface area (Å²) in [5, 5.41) is 9.27. The van der Waals surface area contributed by atoms with Crippen LogP contribution in [0.4, 0.5) is 0 Å². The first-order valence-corrected chi connectivity index (χ1v) is 7.16. The molecule has 0 amide bonds. The van der Waals surface area contributed by atoms with Gasteiger partial charge in [-0.05, 0) is 42.7 Å². The van der Waals surface area contributed by atoms with E-state index in [4.69, 9.17) is 0 Å². The molecule has 1 aromatic carbocycles. The highest BCUT2D eigenvalue weighted by Crippen LogP contribution is 2.28. The van der Waals surface area contributed by atoms with E-state index in [0.717, 1.165) is 36.3 Å². The van der Waals surface area contributed by atoms with Crippen molar-refractivity contribution < 1.29 is 9.90 Å². The van der Waals surface area contributed by atoms with E-state index >= 15 is 0 Å². The minimum absolute atomic E-state index is 0.229. The van der Waals surface area contributed by atoms with Crippen LogP contribution in [0.25, 0.3) is 0 Å². The smallest absolute Gasteiger partial charge is 0.335 e. The van der Waals surface area contributed by atoms with Crippen molar-refractivity contribution in [2.75, 3.05) is 6.54 Å². The lowest BCUT2D eigenvalue weighted by Crippen LogP contribution is -2.34. The molecule has 1 aliphatic heterocycles. The molecule has 0 aliphatic carbocycles. The summed E-state index contributed by atoms with van der Waals surface area (Å²) in [5.74, 6) is -0.835. The lowest BCUT2D eigenvalue weighted by molar-refractivity contribution is 0.0694. The highest BCUT2D eigenvalue weighted by molar-refractivity contribution is 5.89. The molecular formula is C17H18N2O2. The summed E-state index contributed by atoms with van der Waals surface area (Å²) in [4.78, 5) is 18.0. The fourth-order valence-electron chi connectivity index (χ4n) is 2.97. The second-order valence-electron chi connectivity index (χ2n) is 5.40. The van der Waals surface area contributed by atoms with Crippen LogP contribution < -0.4 is 0 Å². The van der Waals surface area contributed by atoms with Crippen molar-refractivity contribution in [2.45, 2.75) is 25.9 Å². The SMILES string of the molecule is CC(c1ccccn1)N1CCc2c(cccc2C(=O)O)C1. The van der Waals surface area contributed by atoms with Crippen LogP contribution in [-0.4, -0.2) is 27.5 Å². The number of aromatic nitrogens is 1. The Labute approximate surface area is 124 Å². The van der Waals surface area contributed by atoms with Crippen LogP contribution in [0.1, 0.15) is 40.1 Å². The molecule has 2 heterocycles. The molecule has 0 radical (unpaired) electrons. The van der Waals surface area contributed by atoms with E-state index < -0.39 is 5.97 Å². The topological polar surface area (TPSA) is 53.4 Å². The molecule has 2 aromatic rings. The number of fused-ring (bicyclic) bond motifs is 1. The molecular weight excluding hydrogens is 264 g/mol. The van der Waals surface area contributed by atoms with Crippen molar-refractivity contribution in [3.63, 3.8) is 0 Å². The molecule has 3 rings (SSSR count). The molecule has 4 nitrogen and oxygen atoms in total.